The molecule has 1 aromatic carbocycles. The first-order valence-electron chi connectivity index (χ1n) is 12.4. The van der Waals surface area contributed by atoms with E-state index in [1.54, 1.807) is 23.2 Å². The number of hydrogen-bond donors (Lipinski definition) is 2. The fraction of sp³-hybridized carbons (Fsp3) is 0.462. The molecule has 192 valence electrons. The minimum absolute atomic E-state index is 0.00769. The van der Waals surface area contributed by atoms with Gasteiger partial charge in [-0.05, 0) is 56.0 Å². The highest BCUT2D eigenvalue weighted by Gasteiger charge is 2.40. The molecule has 2 aliphatic heterocycles. The summed E-state index contributed by atoms with van der Waals surface area (Å²) in [5.41, 5.74) is 1.42. The van der Waals surface area contributed by atoms with Crippen LogP contribution in [-0.4, -0.2) is 59.6 Å². The molecule has 9 nitrogen and oxygen atoms in total. The Kier molecular flexibility index (Phi) is 8.14. The van der Waals surface area contributed by atoms with Gasteiger partial charge < -0.3 is 19.9 Å². The van der Waals surface area contributed by atoms with Gasteiger partial charge in [0.25, 0.3) is 0 Å². The third kappa shape index (κ3) is 5.99. The summed E-state index contributed by atoms with van der Waals surface area (Å²) in [7, 11) is 0. The Morgan fingerprint density at radius 1 is 1.19 bits per heavy atom. The van der Waals surface area contributed by atoms with Gasteiger partial charge in [0.2, 0.25) is 11.8 Å². The highest BCUT2D eigenvalue weighted by atomic mass is 19.1. The van der Waals surface area contributed by atoms with Gasteiger partial charge in [0, 0.05) is 44.4 Å². The lowest BCUT2D eigenvalue weighted by Gasteiger charge is -2.27. The van der Waals surface area contributed by atoms with Crippen molar-refractivity contribution in [2.75, 3.05) is 35.2 Å². The first kappa shape index (κ1) is 25.6. The van der Waals surface area contributed by atoms with Crippen LogP contribution >= 0.6 is 0 Å². The zero-order valence-corrected chi connectivity index (χ0v) is 20.6. The van der Waals surface area contributed by atoms with Crippen LogP contribution in [-0.2, 0) is 14.3 Å². The third-order valence-electron chi connectivity index (χ3n) is 6.38. The average Bonchev–Trinajstić information content (AvgIpc) is 3.30. The van der Waals surface area contributed by atoms with Crippen molar-refractivity contribution in [1.82, 2.24) is 9.88 Å². The number of ether oxygens (including phenoxy) is 1. The number of halogens is 1. The van der Waals surface area contributed by atoms with Crippen LogP contribution in [0.3, 0.4) is 0 Å². The van der Waals surface area contributed by atoms with Gasteiger partial charge in [0.05, 0.1) is 11.8 Å². The number of likely N-dealkylation sites (tertiary alicyclic amines) is 1. The zero-order chi connectivity index (χ0) is 25.7. The van der Waals surface area contributed by atoms with Crippen LogP contribution in [0.5, 0.6) is 0 Å². The fourth-order valence-electron chi connectivity index (χ4n) is 4.47. The summed E-state index contributed by atoms with van der Waals surface area (Å²) < 4.78 is 20.7. The van der Waals surface area contributed by atoms with Gasteiger partial charge in [-0.25, -0.2) is 14.2 Å². The molecule has 1 aromatic heterocycles. The van der Waals surface area contributed by atoms with Crippen molar-refractivity contribution in [2.45, 2.75) is 58.1 Å². The molecular weight excluding hydrogens is 465 g/mol. The second-order valence-electron chi connectivity index (χ2n) is 9.20. The standard InChI is InChI=1S/C26H32FN5O4/c1-3-12-36-19-14-22(32(16-19)26(35)30-23-10-7-17(2)15-28-23)25(34)29-21-9-8-18(13-20(21)27)31-11-5-4-6-24(31)33/h7-10,13,15,19,22H,3-6,11-12,14,16H2,1-2H3,(H,29,34)(H,28,30,35)/t19-,22-/m1/s1. The Balaban J connectivity index is 1.47. The summed E-state index contributed by atoms with van der Waals surface area (Å²) in [6.07, 6.45) is 4.58. The van der Waals surface area contributed by atoms with E-state index in [-0.39, 0.29) is 24.2 Å². The molecule has 0 saturated carbocycles. The van der Waals surface area contributed by atoms with E-state index in [4.69, 9.17) is 4.74 Å². The number of amides is 4. The summed E-state index contributed by atoms with van der Waals surface area (Å²) in [5, 5.41) is 5.34. The summed E-state index contributed by atoms with van der Waals surface area (Å²) in [6.45, 7) is 5.17. The molecule has 2 atom stereocenters. The Labute approximate surface area is 210 Å². The van der Waals surface area contributed by atoms with Gasteiger partial charge in [0.1, 0.15) is 17.7 Å². The van der Waals surface area contributed by atoms with Crippen LogP contribution in [0.15, 0.2) is 36.5 Å². The van der Waals surface area contributed by atoms with Crippen LogP contribution in [0.1, 0.15) is 44.6 Å². The molecule has 10 heteroatoms. The Morgan fingerprint density at radius 2 is 2.03 bits per heavy atom. The number of carbonyl (C=O) groups is 3. The summed E-state index contributed by atoms with van der Waals surface area (Å²) in [5.74, 6) is -0.816. The molecule has 2 aliphatic rings. The van der Waals surface area contributed by atoms with Crippen molar-refractivity contribution >= 4 is 35.0 Å². The first-order chi connectivity index (χ1) is 17.4. The van der Waals surface area contributed by atoms with Crippen LogP contribution in [0, 0.1) is 12.7 Å². The van der Waals surface area contributed by atoms with E-state index in [2.05, 4.69) is 15.6 Å². The lowest BCUT2D eigenvalue weighted by Crippen LogP contribution is -2.45. The van der Waals surface area contributed by atoms with Crippen molar-refractivity contribution in [3.05, 3.63) is 47.9 Å². The average molecular weight is 498 g/mol. The topological polar surface area (TPSA) is 104 Å². The molecule has 2 N–H and O–H groups in total. The maximum Gasteiger partial charge on any atom is 0.323 e. The van der Waals surface area contributed by atoms with Crippen molar-refractivity contribution in [3.8, 4) is 0 Å². The highest BCUT2D eigenvalue weighted by Crippen LogP contribution is 2.27. The van der Waals surface area contributed by atoms with Crippen molar-refractivity contribution < 1.29 is 23.5 Å². The normalized spacial score (nSPS) is 19.9. The maximum atomic E-state index is 14.9. The number of hydrogen-bond acceptors (Lipinski definition) is 5. The smallest absolute Gasteiger partial charge is 0.323 e. The number of anilines is 3. The van der Waals surface area contributed by atoms with E-state index >= 15 is 0 Å². The van der Waals surface area contributed by atoms with E-state index < -0.39 is 23.8 Å². The van der Waals surface area contributed by atoms with Gasteiger partial charge in [-0.3, -0.25) is 14.9 Å². The monoisotopic (exact) mass is 497 g/mol. The van der Waals surface area contributed by atoms with Crippen LogP contribution in [0.4, 0.5) is 26.4 Å². The van der Waals surface area contributed by atoms with Gasteiger partial charge in [-0.15, -0.1) is 0 Å². The fourth-order valence-corrected chi connectivity index (χ4v) is 4.47. The quantitative estimate of drug-likeness (QED) is 0.600. The van der Waals surface area contributed by atoms with E-state index in [0.717, 1.165) is 24.8 Å². The predicted octanol–water partition coefficient (Wildman–Crippen LogP) is 4.09. The Hall–Kier alpha value is -3.53. The lowest BCUT2D eigenvalue weighted by molar-refractivity contribution is -0.120. The molecule has 0 radical (unpaired) electrons. The number of rotatable bonds is 7. The number of piperidine rings is 1. The van der Waals surface area contributed by atoms with Crippen LogP contribution in [0.25, 0.3) is 0 Å². The van der Waals surface area contributed by atoms with E-state index in [1.165, 1.54) is 17.0 Å². The lowest BCUT2D eigenvalue weighted by atomic mass is 10.1. The molecule has 0 bridgehead atoms. The van der Waals surface area contributed by atoms with Crippen molar-refractivity contribution in [3.63, 3.8) is 0 Å². The van der Waals surface area contributed by atoms with Gasteiger partial charge >= 0.3 is 6.03 Å². The summed E-state index contributed by atoms with van der Waals surface area (Å²) in [4.78, 5) is 45.6. The van der Waals surface area contributed by atoms with E-state index in [9.17, 15) is 18.8 Å². The minimum Gasteiger partial charge on any atom is -0.376 e. The van der Waals surface area contributed by atoms with E-state index in [1.807, 2.05) is 19.9 Å². The Bertz CT molecular complexity index is 1110. The van der Waals surface area contributed by atoms with Crippen LogP contribution in [0.2, 0.25) is 0 Å². The highest BCUT2D eigenvalue weighted by molar-refractivity contribution is 6.00. The summed E-state index contributed by atoms with van der Waals surface area (Å²) >= 11 is 0. The predicted molar refractivity (Wildman–Crippen MR) is 134 cm³/mol. The molecule has 0 unspecified atom stereocenters. The number of pyridine rings is 1. The second kappa shape index (κ2) is 11.5. The molecule has 4 amide bonds. The molecule has 3 heterocycles. The minimum atomic E-state index is -0.847. The van der Waals surface area contributed by atoms with Gasteiger partial charge in [-0.1, -0.05) is 13.0 Å². The molecular formula is C26H32FN5O4. The molecule has 4 rings (SSSR count). The maximum absolute atomic E-state index is 14.9. The van der Waals surface area contributed by atoms with Crippen molar-refractivity contribution in [2.24, 2.45) is 0 Å². The first-order valence-corrected chi connectivity index (χ1v) is 12.4. The largest absolute Gasteiger partial charge is 0.376 e. The zero-order valence-electron chi connectivity index (χ0n) is 20.6. The third-order valence-corrected chi connectivity index (χ3v) is 6.38. The van der Waals surface area contributed by atoms with Gasteiger partial charge in [-0.2, -0.15) is 0 Å². The van der Waals surface area contributed by atoms with Crippen molar-refractivity contribution in [1.29, 1.82) is 0 Å². The molecule has 36 heavy (non-hydrogen) atoms. The molecule has 2 aromatic rings. The molecule has 2 fully saturated rings. The van der Waals surface area contributed by atoms with Crippen LogP contribution < -0.4 is 15.5 Å². The van der Waals surface area contributed by atoms with E-state index in [0.29, 0.717) is 37.5 Å². The Morgan fingerprint density at radius 3 is 2.72 bits per heavy atom. The van der Waals surface area contributed by atoms with Gasteiger partial charge in [0.15, 0.2) is 0 Å². The number of aryl methyl sites for hydroxylation is 1. The molecule has 0 aliphatic carbocycles. The summed E-state index contributed by atoms with van der Waals surface area (Å²) in [6, 6.07) is 6.52. The molecule has 2 saturated heterocycles. The molecule has 0 spiro atoms. The number of benzene rings is 1. The number of carbonyl (C=O) groups excluding carboxylic acids is 3. The number of urea groups is 1. The number of aromatic nitrogens is 1. The second-order valence-corrected chi connectivity index (χ2v) is 9.20. The number of nitrogens with one attached hydrogen (secondary N) is 2. The number of nitrogens with zero attached hydrogens (tertiary/aromatic N) is 3. The SMILES string of the molecule is CCCO[C@@H]1C[C@H](C(=O)Nc2ccc(N3CCCCC3=O)cc2F)N(C(=O)Nc2ccc(C)cn2)C1.